The van der Waals surface area contributed by atoms with Gasteiger partial charge in [-0.25, -0.2) is 0 Å². The molecule has 1 fully saturated rings. The first-order valence-corrected chi connectivity index (χ1v) is 6.36. The molecular weight excluding hydrogens is 220 g/mol. The predicted molar refractivity (Wildman–Crippen MR) is 70.1 cm³/mol. The summed E-state index contributed by atoms with van der Waals surface area (Å²) in [5, 5.41) is 2.96. The molecule has 2 atom stereocenters. The van der Waals surface area contributed by atoms with Crippen molar-refractivity contribution in [3.8, 4) is 0 Å². The third-order valence-electron chi connectivity index (χ3n) is 3.48. The Balaban J connectivity index is 2.35. The molecule has 0 aromatic rings. The monoisotopic (exact) mass is 242 g/mol. The van der Waals surface area contributed by atoms with Crippen LogP contribution in [0.1, 0.15) is 40.0 Å². The summed E-state index contributed by atoms with van der Waals surface area (Å²) in [6, 6.07) is 0. The molecule has 0 saturated heterocycles. The minimum absolute atomic E-state index is 0.00273. The van der Waals surface area contributed by atoms with Gasteiger partial charge in [0.25, 0.3) is 0 Å². The minimum atomic E-state index is -0.290. The predicted octanol–water partition coefficient (Wildman–Crippen LogP) is 1.85. The van der Waals surface area contributed by atoms with Gasteiger partial charge >= 0.3 is 0 Å². The number of rotatable bonds is 6. The SMILES string of the molecule is CCCC(C(=O)NCC1CC1(C)C)C(N)=S. The number of hydrogen-bond donors (Lipinski definition) is 2. The Kier molecular flexibility index (Phi) is 4.30. The summed E-state index contributed by atoms with van der Waals surface area (Å²) in [4.78, 5) is 12.2. The van der Waals surface area contributed by atoms with E-state index in [1.807, 2.05) is 6.92 Å². The van der Waals surface area contributed by atoms with Crippen LogP contribution in [0.4, 0.5) is 0 Å². The molecule has 0 radical (unpaired) electrons. The Morgan fingerprint density at radius 2 is 2.19 bits per heavy atom. The minimum Gasteiger partial charge on any atom is -0.393 e. The van der Waals surface area contributed by atoms with E-state index >= 15 is 0 Å². The molecule has 0 aromatic carbocycles. The summed E-state index contributed by atoms with van der Waals surface area (Å²) in [5.74, 6) is 0.323. The highest BCUT2D eigenvalue weighted by atomic mass is 32.1. The molecule has 1 aliphatic carbocycles. The van der Waals surface area contributed by atoms with Crippen molar-refractivity contribution in [3.63, 3.8) is 0 Å². The van der Waals surface area contributed by atoms with E-state index in [-0.39, 0.29) is 11.8 Å². The maximum Gasteiger partial charge on any atom is 0.229 e. The molecule has 4 heteroatoms. The first-order chi connectivity index (χ1) is 7.38. The molecule has 16 heavy (non-hydrogen) atoms. The molecule has 0 aliphatic heterocycles. The zero-order valence-corrected chi connectivity index (χ0v) is 11.2. The highest BCUT2D eigenvalue weighted by Gasteiger charge is 2.45. The van der Waals surface area contributed by atoms with Crippen molar-refractivity contribution in [1.29, 1.82) is 0 Å². The topological polar surface area (TPSA) is 55.1 Å². The average Bonchev–Trinajstić information content (AvgIpc) is 2.79. The van der Waals surface area contributed by atoms with Gasteiger partial charge in [0, 0.05) is 6.54 Å². The lowest BCUT2D eigenvalue weighted by Gasteiger charge is -2.14. The van der Waals surface area contributed by atoms with Crippen LogP contribution in [-0.4, -0.2) is 17.4 Å². The second kappa shape index (κ2) is 5.13. The van der Waals surface area contributed by atoms with Gasteiger partial charge in [0.05, 0.1) is 10.9 Å². The van der Waals surface area contributed by atoms with E-state index < -0.39 is 0 Å². The van der Waals surface area contributed by atoms with Crippen LogP contribution in [0.2, 0.25) is 0 Å². The van der Waals surface area contributed by atoms with Crippen LogP contribution >= 0.6 is 12.2 Å². The van der Waals surface area contributed by atoms with Crippen molar-refractivity contribution in [2.75, 3.05) is 6.54 Å². The molecule has 1 amide bonds. The molecule has 1 aliphatic rings. The maximum atomic E-state index is 11.8. The van der Waals surface area contributed by atoms with Crippen molar-refractivity contribution in [3.05, 3.63) is 0 Å². The quantitative estimate of drug-likeness (QED) is 0.699. The lowest BCUT2D eigenvalue weighted by molar-refractivity contribution is -0.123. The van der Waals surface area contributed by atoms with E-state index in [9.17, 15) is 4.79 Å². The van der Waals surface area contributed by atoms with Gasteiger partial charge in [0.2, 0.25) is 5.91 Å². The van der Waals surface area contributed by atoms with Gasteiger partial charge in [0.15, 0.2) is 0 Å². The van der Waals surface area contributed by atoms with Crippen molar-refractivity contribution in [1.82, 2.24) is 5.32 Å². The van der Waals surface area contributed by atoms with Gasteiger partial charge in [-0.05, 0) is 24.2 Å². The molecule has 0 heterocycles. The van der Waals surface area contributed by atoms with E-state index in [0.29, 0.717) is 16.3 Å². The van der Waals surface area contributed by atoms with Crippen LogP contribution in [0.3, 0.4) is 0 Å². The molecule has 0 bridgehead atoms. The second-order valence-corrected chi connectivity index (χ2v) is 5.85. The second-order valence-electron chi connectivity index (χ2n) is 5.38. The largest absolute Gasteiger partial charge is 0.393 e. The summed E-state index contributed by atoms with van der Waals surface area (Å²) < 4.78 is 0. The number of carbonyl (C=O) groups is 1. The van der Waals surface area contributed by atoms with E-state index in [1.165, 1.54) is 6.42 Å². The summed E-state index contributed by atoms with van der Waals surface area (Å²) >= 11 is 4.92. The lowest BCUT2D eigenvalue weighted by Crippen LogP contribution is -2.39. The molecule has 3 N–H and O–H groups in total. The number of nitrogens with two attached hydrogens (primary N) is 1. The first kappa shape index (κ1) is 13.4. The summed E-state index contributed by atoms with van der Waals surface area (Å²) in [7, 11) is 0. The van der Waals surface area contributed by atoms with Gasteiger partial charge in [0.1, 0.15) is 0 Å². The highest BCUT2D eigenvalue weighted by molar-refractivity contribution is 7.80. The van der Waals surface area contributed by atoms with Crippen LogP contribution in [0.5, 0.6) is 0 Å². The van der Waals surface area contributed by atoms with Gasteiger partial charge in [-0.3, -0.25) is 4.79 Å². The maximum absolute atomic E-state index is 11.8. The van der Waals surface area contributed by atoms with Crippen LogP contribution in [0.25, 0.3) is 0 Å². The van der Waals surface area contributed by atoms with Crippen LogP contribution < -0.4 is 11.1 Å². The fourth-order valence-corrected chi connectivity index (χ4v) is 2.19. The van der Waals surface area contributed by atoms with Gasteiger partial charge in [-0.15, -0.1) is 0 Å². The van der Waals surface area contributed by atoms with E-state index in [2.05, 4.69) is 19.2 Å². The van der Waals surface area contributed by atoms with Crippen molar-refractivity contribution >= 4 is 23.1 Å². The number of nitrogens with one attached hydrogen (secondary N) is 1. The summed E-state index contributed by atoms with van der Waals surface area (Å²) in [6.45, 7) is 7.24. The fraction of sp³-hybridized carbons (Fsp3) is 0.833. The highest BCUT2D eigenvalue weighted by Crippen LogP contribution is 2.50. The molecule has 0 aromatic heterocycles. The molecule has 3 nitrogen and oxygen atoms in total. The number of amides is 1. The standard InChI is InChI=1S/C12H22N2OS/c1-4-5-9(10(13)16)11(15)14-7-8-6-12(8,2)3/h8-9H,4-7H2,1-3H3,(H2,13,16)(H,14,15). The summed E-state index contributed by atoms with van der Waals surface area (Å²) in [6.07, 6.45) is 2.86. The van der Waals surface area contributed by atoms with Crippen LogP contribution in [0.15, 0.2) is 0 Å². The number of hydrogen-bond acceptors (Lipinski definition) is 2. The third kappa shape index (κ3) is 3.44. The van der Waals surface area contributed by atoms with Crippen LogP contribution in [-0.2, 0) is 4.79 Å². The Labute approximate surface area is 103 Å². The van der Waals surface area contributed by atoms with Gasteiger partial charge in [-0.2, -0.15) is 0 Å². The Morgan fingerprint density at radius 3 is 2.56 bits per heavy atom. The lowest BCUT2D eigenvalue weighted by atomic mass is 10.0. The average molecular weight is 242 g/mol. The van der Waals surface area contributed by atoms with E-state index in [0.717, 1.165) is 19.4 Å². The Hall–Kier alpha value is -0.640. The van der Waals surface area contributed by atoms with Crippen molar-refractivity contribution < 1.29 is 4.79 Å². The normalized spacial score (nSPS) is 23.6. The molecule has 1 rings (SSSR count). The van der Waals surface area contributed by atoms with E-state index in [4.69, 9.17) is 18.0 Å². The Bertz CT molecular complexity index is 289. The molecule has 2 unspecified atom stereocenters. The molecule has 92 valence electrons. The fourth-order valence-electron chi connectivity index (χ4n) is 1.96. The first-order valence-electron chi connectivity index (χ1n) is 5.95. The smallest absolute Gasteiger partial charge is 0.229 e. The van der Waals surface area contributed by atoms with Crippen molar-refractivity contribution in [2.24, 2.45) is 23.0 Å². The number of carbonyl (C=O) groups excluding carboxylic acids is 1. The van der Waals surface area contributed by atoms with Gasteiger partial charge < -0.3 is 11.1 Å². The molecular formula is C12H22N2OS. The van der Waals surface area contributed by atoms with Crippen LogP contribution in [0, 0.1) is 17.3 Å². The molecule has 1 saturated carbocycles. The Morgan fingerprint density at radius 1 is 1.62 bits per heavy atom. The van der Waals surface area contributed by atoms with E-state index in [1.54, 1.807) is 0 Å². The zero-order chi connectivity index (χ0) is 12.3. The molecule has 0 spiro atoms. The van der Waals surface area contributed by atoms with Crippen molar-refractivity contribution in [2.45, 2.75) is 40.0 Å². The van der Waals surface area contributed by atoms with Gasteiger partial charge in [-0.1, -0.05) is 39.4 Å². The number of thiocarbonyl (C=S) groups is 1. The third-order valence-corrected chi connectivity index (χ3v) is 3.76. The summed E-state index contributed by atoms with van der Waals surface area (Å²) in [5.41, 5.74) is 5.97. The zero-order valence-electron chi connectivity index (χ0n) is 10.4.